The molecule has 3 heteroatoms. The topological polar surface area (TPSA) is 17.4 Å². The van der Waals surface area contributed by atoms with E-state index in [2.05, 4.69) is 270 Å². The maximum atomic E-state index is 6.34. The number of anilines is 1. The number of hydrogen-bond acceptors (Lipinski definition) is 2. The molecule has 436 valence electrons. The third kappa shape index (κ3) is 11.3. The number of allylic oxidation sites excluding steroid dienone is 24. The van der Waals surface area contributed by atoms with E-state index in [1.807, 2.05) is 12.2 Å². The lowest BCUT2D eigenvalue weighted by Gasteiger charge is -2.41. The molecule has 0 bridgehead atoms. The second-order valence-electron chi connectivity index (χ2n) is 27.2. The van der Waals surface area contributed by atoms with Crippen LogP contribution < -0.4 is 20.2 Å². The van der Waals surface area contributed by atoms with Crippen molar-refractivity contribution in [1.82, 2.24) is 4.57 Å². The first-order chi connectivity index (χ1) is 41.9. The Morgan fingerprint density at radius 1 is 0.721 bits per heavy atom. The van der Waals surface area contributed by atoms with Crippen LogP contribution in [0.2, 0.25) is 0 Å². The van der Waals surface area contributed by atoms with E-state index < -0.39 is 0 Å². The molecule has 1 heterocycles. The Morgan fingerprint density at radius 2 is 1.56 bits per heavy atom. The zero-order chi connectivity index (χ0) is 58.9. The monoisotopic (exact) mass is 1130 g/mol. The molecule has 0 spiro atoms. The van der Waals surface area contributed by atoms with Crippen LogP contribution in [0.25, 0.3) is 40.4 Å². The van der Waals surface area contributed by atoms with Gasteiger partial charge in [0, 0.05) is 61.9 Å². The summed E-state index contributed by atoms with van der Waals surface area (Å²) >= 11 is 0. The van der Waals surface area contributed by atoms with E-state index in [9.17, 15) is 0 Å². The van der Waals surface area contributed by atoms with Crippen molar-refractivity contribution in [2.45, 2.75) is 117 Å². The highest BCUT2D eigenvalue weighted by Crippen LogP contribution is 2.60. The number of fused-ring (bicyclic) bond motifs is 6. The van der Waals surface area contributed by atoms with Gasteiger partial charge in [-0.1, -0.05) is 224 Å². The minimum Gasteiger partial charge on any atom is -0.493 e. The van der Waals surface area contributed by atoms with Gasteiger partial charge in [-0.2, -0.15) is 0 Å². The average Bonchev–Trinajstić information content (AvgIpc) is 1.57. The highest BCUT2D eigenvalue weighted by atomic mass is 16.5. The standard InChI is InChI=1S/C83H88N2O/c1-8-59-26-30-63(31-27-59)65-38-50-80-76(52-65)77-53-66(39-51-81(77)85(80)69-20-14-11-15-21-69)64-36-44-71(45-37-64)84(70-42-34-62(35-43-70)61-32-40-67(41-33-61)82(5,6)7)72-46-49-75-74-22-16-17-23-78(74)83(79(75)54-72,68-18-12-10-13-19-68)55-57(3)24-25-58(4)56-86-73-47-28-60(9-2)29-48-73/h8-14,16-20,22-23,26-30,32-34,36,39-40,42-44,46-54,57-58,62-63,65,67,74,78H,1-2,15,21,24-25,31,35,37-38,41,45,55-56H2,3-7H3. The predicted molar refractivity (Wildman–Crippen MR) is 367 cm³/mol. The van der Waals surface area contributed by atoms with E-state index in [-0.39, 0.29) is 10.8 Å². The van der Waals surface area contributed by atoms with Crippen LogP contribution >= 0.6 is 0 Å². The Bertz CT molecular complexity index is 3950. The SMILES string of the molecule is C=CC1=CCC(C2C=c3c(n(C4=CC=CCC4)c4ccc(C5=CC=C(N(C6=CCC(C7=CCC(C(C)(C)C)C=C7)C=C6)c6ccc7c(c6)C(CC(C)CCC(C)COc6ccc(C=C)cc6)(c6ccccc6)C6C=CC=CC76)CC5)cc34)=CC2)C=C1. The smallest absolute Gasteiger partial charge is 0.119 e. The maximum Gasteiger partial charge on any atom is 0.119 e. The number of ether oxygens (including phenoxy) is 1. The summed E-state index contributed by atoms with van der Waals surface area (Å²) in [6, 6.07) is 34.8. The van der Waals surface area contributed by atoms with Crippen LogP contribution in [0.3, 0.4) is 0 Å². The molecule has 0 radical (unpaired) electrons. The molecule has 0 aliphatic heterocycles. The highest BCUT2D eigenvalue weighted by Gasteiger charge is 2.52. The zero-order valence-electron chi connectivity index (χ0n) is 51.7. The summed E-state index contributed by atoms with van der Waals surface area (Å²) in [7, 11) is 0. The molecule has 0 saturated heterocycles. The van der Waals surface area contributed by atoms with Gasteiger partial charge in [-0.25, -0.2) is 0 Å². The van der Waals surface area contributed by atoms with Crippen LogP contribution in [0.5, 0.6) is 5.75 Å². The molecule has 8 aliphatic rings. The lowest BCUT2D eigenvalue weighted by molar-refractivity contribution is 0.233. The minimum absolute atomic E-state index is 0.216. The molecule has 8 aliphatic carbocycles. The molecule has 4 aromatic carbocycles. The van der Waals surface area contributed by atoms with Crippen molar-refractivity contribution in [2.24, 2.45) is 46.8 Å². The summed E-state index contributed by atoms with van der Waals surface area (Å²) in [4.78, 5) is 2.64. The second-order valence-corrected chi connectivity index (χ2v) is 27.2. The first kappa shape index (κ1) is 57.2. The molecule has 0 N–H and O–H groups in total. The largest absolute Gasteiger partial charge is 0.493 e. The Hall–Kier alpha value is -7.88. The van der Waals surface area contributed by atoms with E-state index in [1.165, 1.54) is 83.2 Å². The van der Waals surface area contributed by atoms with Crippen LogP contribution in [0.1, 0.15) is 139 Å². The molecule has 5 aromatic rings. The minimum atomic E-state index is -0.216. The third-order valence-electron chi connectivity index (χ3n) is 20.6. The molecule has 0 fully saturated rings. The Morgan fingerprint density at radius 3 is 2.28 bits per heavy atom. The average molecular weight is 1130 g/mol. The molecule has 9 atom stereocenters. The van der Waals surface area contributed by atoms with Gasteiger partial charge in [0.2, 0.25) is 0 Å². The quantitative estimate of drug-likeness (QED) is 0.0870. The fourth-order valence-corrected chi connectivity index (χ4v) is 15.7. The molecular formula is C83H88N2O. The molecule has 1 aromatic heterocycles. The maximum absolute atomic E-state index is 6.34. The fourth-order valence-electron chi connectivity index (χ4n) is 15.7. The number of rotatable bonds is 18. The summed E-state index contributed by atoms with van der Waals surface area (Å²) in [5, 5.41) is 4.13. The van der Waals surface area contributed by atoms with Crippen LogP contribution in [0, 0.1) is 46.8 Å². The molecule has 3 nitrogen and oxygen atoms in total. The summed E-state index contributed by atoms with van der Waals surface area (Å²) in [5.41, 5.74) is 17.5. The van der Waals surface area contributed by atoms with E-state index in [1.54, 1.807) is 0 Å². The Labute approximate surface area is 513 Å². The summed E-state index contributed by atoms with van der Waals surface area (Å²) in [6.07, 6.45) is 64.0. The third-order valence-corrected chi connectivity index (χ3v) is 20.6. The van der Waals surface area contributed by atoms with Crippen molar-refractivity contribution in [3.8, 4) is 5.75 Å². The van der Waals surface area contributed by atoms with Gasteiger partial charge in [-0.3, -0.25) is 0 Å². The fraction of sp³-hybridized carbons (Fsp3) is 0.325. The van der Waals surface area contributed by atoms with Crippen LogP contribution in [-0.4, -0.2) is 11.2 Å². The van der Waals surface area contributed by atoms with Crippen LogP contribution in [-0.2, 0) is 5.41 Å². The summed E-state index contributed by atoms with van der Waals surface area (Å²) in [6.45, 7) is 20.6. The molecule has 0 saturated carbocycles. The van der Waals surface area contributed by atoms with Gasteiger partial charge in [-0.15, -0.1) is 0 Å². The van der Waals surface area contributed by atoms with Crippen molar-refractivity contribution in [1.29, 1.82) is 0 Å². The van der Waals surface area contributed by atoms with Gasteiger partial charge in [0.1, 0.15) is 5.75 Å². The van der Waals surface area contributed by atoms with Gasteiger partial charge in [0.05, 0.1) is 12.1 Å². The first-order valence-electron chi connectivity index (χ1n) is 32.6. The molecule has 86 heavy (non-hydrogen) atoms. The normalized spacial score (nSPS) is 25.2. The van der Waals surface area contributed by atoms with E-state index in [4.69, 9.17) is 4.74 Å². The van der Waals surface area contributed by atoms with Gasteiger partial charge in [-0.05, 0) is 198 Å². The van der Waals surface area contributed by atoms with Crippen molar-refractivity contribution < 1.29 is 4.74 Å². The van der Waals surface area contributed by atoms with Crippen molar-refractivity contribution in [3.63, 3.8) is 0 Å². The summed E-state index contributed by atoms with van der Waals surface area (Å²) in [5.74, 6) is 4.31. The van der Waals surface area contributed by atoms with Crippen molar-refractivity contribution >= 4 is 46.1 Å². The van der Waals surface area contributed by atoms with Crippen LogP contribution in [0.15, 0.2) is 242 Å². The number of benzene rings is 4. The van der Waals surface area contributed by atoms with Crippen molar-refractivity contribution in [2.75, 3.05) is 11.5 Å². The zero-order valence-corrected chi connectivity index (χ0v) is 51.7. The van der Waals surface area contributed by atoms with Gasteiger partial charge < -0.3 is 14.2 Å². The lowest BCUT2D eigenvalue weighted by Crippen LogP contribution is -2.36. The number of hydrogen-bond donors (Lipinski definition) is 0. The lowest BCUT2D eigenvalue weighted by atomic mass is 9.62. The molecule has 0 amide bonds. The van der Waals surface area contributed by atoms with E-state index in [0.717, 1.165) is 81.9 Å². The number of aromatic nitrogens is 1. The second kappa shape index (κ2) is 24.5. The first-order valence-corrected chi connectivity index (χ1v) is 32.6. The van der Waals surface area contributed by atoms with E-state index in [0.29, 0.717) is 54.0 Å². The van der Waals surface area contributed by atoms with Gasteiger partial charge >= 0.3 is 0 Å². The molecular weight excluding hydrogens is 1040 g/mol. The summed E-state index contributed by atoms with van der Waals surface area (Å²) < 4.78 is 8.92. The molecule has 13 rings (SSSR count). The predicted octanol–water partition coefficient (Wildman–Crippen LogP) is 20.0. The molecule has 9 unspecified atom stereocenters. The van der Waals surface area contributed by atoms with Gasteiger partial charge in [0.25, 0.3) is 0 Å². The highest BCUT2D eigenvalue weighted by molar-refractivity contribution is 5.90. The van der Waals surface area contributed by atoms with E-state index >= 15 is 0 Å². The number of nitrogens with zero attached hydrogens (tertiary/aromatic N) is 2. The Balaban J connectivity index is 0.860. The van der Waals surface area contributed by atoms with Crippen molar-refractivity contribution in [3.05, 3.63) is 281 Å². The van der Waals surface area contributed by atoms with Crippen LogP contribution in [0.4, 0.5) is 5.69 Å². The van der Waals surface area contributed by atoms with Gasteiger partial charge in [0.15, 0.2) is 0 Å². The Kier molecular flexibility index (Phi) is 16.3.